The van der Waals surface area contributed by atoms with Crippen molar-refractivity contribution in [3.05, 3.63) is 189 Å². The number of aryl methyl sites for hydroxylation is 5. The fraction of sp³-hybridized carbons (Fsp3) is 0.133. The van der Waals surface area contributed by atoms with Gasteiger partial charge in [0.25, 0.3) is 11.8 Å². The Hall–Kier alpha value is -6.21. The molecule has 0 spiro atoms. The number of hydrogen-bond donors (Lipinski definition) is 0. The highest BCUT2D eigenvalue weighted by Gasteiger charge is 2.40. The number of anilines is 1. The number of hydrogen-bond acceptors (Lipinski definition) is 5. The number of carbonyl (C=O) groups is 3. The Balaban J connectivity index is 1.56. The van der Waals surface area contributed by atoms with Crippen LogP contribution in [-0.4, -0.2) is 36.6 Å². The van der Waals surface area contributed by atoms with Gasteiger partial charge in [-0.3, -0.25) is 9.59 Å². The molecule has 2 aliphatic rings. The fourth-order valence-electron chi connectivity index (χ4n) is 7.67. The first-order valence-electron chi connectivity index (χ1n) is 17.4. The molecule has 0 unspecified atom stereocenters. The normalized spacial score (nSPS) is 14.3. The van der Waals surface area contributed by atoms with Gasteiger partial charge in [-0.1, -0.05) is 95.6 Å². The van der Waals surface area contributed by atoms with Gasteiger partial charge in [0.2, 0.25) is 0 Å². The maximum Gasteiger partial charge on any atom is 0.338 e. The Morgan fingerprint density at radius 2 is 1.27 bits per heavy atom. The van der Waals surface area contributed by atoms with Gasteiger partial charge in [0, 0.05) is 17.6 Å². The van der Waals surface area contributed by atoms with E-state index in [0.717, 1.165) is 66.8 Å². The molecular formula is C45H39BN2O4. The van der Waals surface area contributed by atoms with E-state index in [1.807, 2.05) is 61.5 Å². The lowest BCUT2D eigenvalue weighted by Gasteiger charge is -2.40. The van der Waals surface area contributed by atoms with Crippen LogP contribution in [0.5, 0.6) is 0 Å². The second-order valence-electron chi connectivity index (χ2n) is 13.5. The molecule has 256 valence electrons. The highest BCUT2D eigenvalue weighted by atomic mass is 16.5. The number of allylic oxidation sites excluding steroid dienone is 4. The lowest BCUT2D eigenvalue weighted by atomic mass is 9.43. The maximum atomic E-state index is 13.6. The SMILES string of the molecule is COC(=O)c1ccc(N2B(c3c(C)cc(C)cc3C)C(/C=C/N3C(=O)c4ccccc4C3=O)=C(c3ccccc3C)C=C2c2ccccc2)cc1C. The fourth-order valence-corrected chi connectivity index (χ4v) is 7.67. The third kappa shape index (κ3) is 5.98. The van der Waals surface area contributed by atoms with Crippen LogP contribution in [0.1, 0.15) is 70.0 Å². The topological polar surface area (TPSA) is 66.9 Å². The summed E-state index contributed by atoms with van der Waals surface area (Å²) in [6.45, 7) is 9.98. The van der Waals surface area contributed by atoms with Gasteiger partial charge in [-0.2, -0.15) is 0 Å². The van der Waals surface area contributed by atoms with E-state index in [4.69, 9.17) is 4.74 Å². The van der Waals surface area contributed by atoms with E-state index in [2.05, 4.69) is 75.0 Å². The monoisotopic (exact) mass is 682 g/mol. The van der Waals surface area contributed by atoms with Crippen LogP contribution in [-0.2, 0) is 4.74 Å². The van der Waals surface area contributed by atoms with Crippen molar-refractivity contribution in [2.45, 2.75) is 34.6 Å². The predicted octanol–water partition coefficient (Wildman–Crippen LogP) is 8.58. The zero-order chi connectivity index (χ0) is 36.7. The van der Waals surface area contributed by atoms with Crippen LogP contribution in [0.2, 0.25) is 0 Å². The molecule has 0 aromatic heterocycles. The van der Waals surface area contributed by atoms with Gasteiger partial charge in [-0.25, -0.2) is 9.69 Å². The number of amides is 2. The maximum absolute atomic E-state index is 13.6. The molecule has 0 aliphatic carbocycles. The number of ether oxygens (including phenoxy) is 1. The minimum Gasteiger partial charge on any atom is -0.465 e. The number of fused-ring (bicyclic) bond motifs is 1. The van der Waals surface area contributed by atoms with Crippen molar-refractivity contribution in [3.8, 4) is 0 Å². The Morgan fingerprint density at radius 3 is 1.87 bits per heavy atom. The molecule has 5 aromatic carbocycles. The summed E-state index contributed by atoms with van der Waals surface area (Å²) in [5.41, 5.74) is 13.4. The van der Waals surface area contributed by atoms with Crippen LogP contribution in [0.15, 0.2) is 133 Å². The summed E-state index contributed by atoms with van der Waals surface area (Å²) in [5.74, 6) is -1.10. The van der Waals surface area contributed by atoms with Gasteiger partial charge in [-0.05, 0) is 116 Å². The largest absolute Gasteiger partial charge is 0.465 e. The molecule has 0 fully saturated rings. The van der Waals surface area contributed by atoms with Crippen molar-refractivity contribution in [1.82, 2.24) is 4.90 Å². The van der Waals surface area contributed by atoms with Crippen molar-refractivity contribution in [2.75, 3.05) is 11.9 Å². The van der Waals surface area contributed by atoms with Crippen molar-refractivity contribution in [3.63, 3.8) is 0 Å². The Kier molecular flexibility index (Phi) is 9.12. The van der Waals surface area contributed by atoms with E-state index in [-0.39, 0.29) is 11.8 Å². The highest BCUT2D eigenvalue weighted by molar-refractivity contribution is 6.87. The van der Waals surface area contributed by atoms with E-state index < -0.39 is 12.8 Å². The van der Waals surface area contributed by atoms with Crippen LogP contribution in [0.4, 0.5) is 5.69 Å². The molecule has 0 saturated carbocycles. The first kappa shape index (κ1) is 34.3. The van der Waals surface area contributed by atoms with Crippen LogP contribution < -0.4 is 10.3 Å². The van der Waals surface area contributed by atoms with Gasteiger partial charge >= 0.3 is 12.8 Å². The average Bonchev–Trinajstić information content (AvgIpc) is 3.38. The van der Waals surface area contributed by atoms with Crippen molar-refractivity contribution in [1.29, 1.82) is 0 Å². The number of esters is 1. The standard InChI is InChI=1S/C45H39BN2O4/c1-28-24-31(4)42(32(5)25-28)46-40(22-23-47-43(49)37-18-12-13-19-38(37)44(47)50)39(35-17-11-10-14-29(35)2)27-41(33-15-8-7-9-16-33)48(46)34-20-21-36(30(3)26-34)45(51)52-6/h7-27H,1-6H3/b23-22+. The molecule has 5 aromatic rings. The third-order valence-corrected chi connectivity index (χ3v) is 10.0. The highest BCUT2D eigenvalue weighted by Crippen LogP contribution is 2.41. The zero-order valence-corrected chi connectivity index (χ0v) is 30.2. The first-order valence-corrected chi connectivity index (χ1v) is 17.4. The number of nitrogens with zero attached hydrogens (tertiary/aromatic N) is 2. The number of methoxy groups -OCH3 is 1. The molecule has 2 amide bonds. The summed E-state index contributed by atoms with van der Waals surface area (Å²) in [4.78, 5) is 43.5. The lowest BCUT2D eigenvalue weighted by molar-refractivity contribution is 0.0598. The molecule has 0 atom stereocenters. The molecule has 0 bridgehead atoms. The average molecular weight is 683 g/mol. The molecule has 6 nitrogen and oxygen atoms in total. The van der Waals surface area contributed by atoms with Crippen LogP contribution in [0, 0.1) is 34.6 Å². The van der Waals surface area contributed by atoms with Crippen molar-refractivity contribution < 1.29 is 19.1 Å². The number of carbonyl (C=O) groups excluding carboxylic acids is 3. The smallest absolute Gasteiger partial charge is 0.338 e. The molecule has 2 aliphatic heterocycles. The Morgan fingerprint density at radius 1 is 0.673 bits per heavy atom. The van der Waals surface area contributed by atoms with Crippen molar-refractivity contribution in [2.24, 2.45) is 0 Å². The second kappa shape index (κ2) is 13.8. The van der Waals surface area contributed by atoms with E-state index in [0.29, 0.717) is 16.7 Å². The predicted molar refractivity (Wildman–Crippen MR) is 210 cm³/mol. The zero-order valence-electron chi connectivity index (χ0n) is 30.2. The second-order valence-corrected chi connectivity index (χ2v) is 13.5. The minimum absolute atomic E-state index is 0.351. The molecule has 0 N–H and O–H groups in total. The summed E-state index contributed by atoms with van der Waals surface area (Å²) < 4.78 is 5.10. The van der Waals surface area contributed by atoms with Gasteiger partial charge in [-0.15, -0.1) is 0 Å². The van der Waals surface area contributed by atoms with E-state index in [9.17, 15) is 14.4 Å². The lowest BCUT2D eigenvalue weighted by Crippen LogP contribution is -2.53. The number of imide groups is 1. The molecule has 0 saturated heterocycles. The van der Waals surface area contributed by atoms with Gasteiger partial charge < -0.3 is 9.55 Å². The summed E-state index contributed by atoms with van der Waals surface area (Å²) in [6.07, 6.45) is 5.78. The summed E-state index contributed by atoms with van der Waals surface area (Å²) in [6, 6.07) is 35.7. The third-order valence-electron chi connectivity index (χ3n) is 10.0. The number of rotatable bonds is 7. The van der Waals surface area contributed by atoms with E-state index >= 15 is 0 Å². The molecule has 7 heteroatoms. The molecule has 0 radical (unpaired) electrons. The van der Waals surface area contributed by atoms with Gasteiger partial charge in [0.1, 0.15) is 0 Å². The van der Waals surface area contributed by atoms with Gasteiger partial charge in [0.05, 0.1) is 23.8 Å². The Labute approximate surface area is 305 Å². The van der Waals surface area contributed by atoms with Gasteiger partial charge in [0.15, 0.2) is 0 Å². The van der Waals surface area contributed by atoms with Crippen LogP contribution in [0.3, 0.4) is 0 Å². The van der Waals surface area contributed by atoms with E-state index in [1.54, 1.807) is 30.5 Å². The molecule has 7 rings (SSSR count). The first-order chi connectivity index (χ1) is 25.1. The van der Waals surface area contributed by atoms with Crippen molar-refractivity contribution >= 4 is 47.1 Å². The van der Waals surface area contributed by atoms with Crippen LogP contribution >= 0.6 is 0 Å². The van der Waals surface area contributed by atoms with E-state index in [1.165, 1.54) is 12.0 Å². The minimum atomic E-state index is -0.412. The quantitative estimate of drug-likeness (QED) is 0.0978. The summed E-state index contributed by atoms with van der Waals surface area (Å²) in [7, 11) is 1.39. The van der Waals surface area contributed by atoms with Crippen LogP contribution in [0.25, 0.3) is 11.3 Å². The molecule has 2 heterocycles. The number of benzene rings is 5. The summed E-state index contributed by atoms with van der Waals surface area (Å²) >= 11 is 0. The summed E-state index contributed by atoms with van der Waals surface area (Å²) in [5, 5.41) is 0. The Bertz CT molecular complexity index is 2310. The molecular weight excluding hydrogens is 643 g/mol. The molecule has 52 heavy (non-hydrogen) atoms.